The third-order valence-corrected chi connectivity index (χ3v) is 3.78. The molecule has 24 heavy (non-hydrogen) atoms. The topological polar surface area (TPSA) is 73.2 Å². The third kappa shape index (κ3) is 3.23. The van der Waals surface area contributed by atoms with Gasteiger partial charge >= 0.3 is 0 Å². The van der Waals surface area contributed by atoms with Crippen LogP contribution >= 0.6 is 11.6 Å². The molecular formula is C17H14ClN3O3. The molecule has 0 fully saturated rings. The Bertz CT molecular complexity index is 969. The van der Waals surface area contributed by atoms with E-state index in [0.29, 0.717) is 27.4 Å². The highest BCUT2D eigenvalue weighted by atomic mass is 35.5. The maximum atomic E-state index is 12.4. The molecule has 7 heteroatoms. The van der Waals surface area contributed by atoms with Gasteiger partial charge in [0.15, 0.2) is 0 Å². The monoisotopic (exact) mass is 343 g/mol. The first-order chi connectivity index (χ1) is 11.6. The molecule has 122 valence electrons. The fourth-order valence-electron chi connectivity index (χ4n) is 2.32. The minimum absolute atomic E-state index is 0.139. The molecule has 3 aromatic rings. The van der Waals surface area contributed by atoms with Crippen molar-refractivity contribution in [2.45, 2.75) is 6.54 Å². The smallest absolute Gasteiger partial charge is 0.261 e. The van der Waals surface area contributed by atoms with E-state index in [9.17, 15) is 9.59 Å². The molecule has 0 spiro atoms. The lowest BCUT2D eigenvalue weighted by Gasteiger charge is -2.09. The van der Waals surface area contributed by atoms with Crippen molar-refractivity contribution in [3.63, 3.8) is 0 Å². The number of fused-ring (bicyclic) bond motifs is 1. The van der Waals surface area contributed by atoms with Gasteiger partial charge in [0.2, 0.25) is 5.91 Å². The van der Waals surface area contributed by atoms with Crippen molar-refractivity contribution in [2.24, 2.45) is 0 Å². The second kappa shape index (κ2) is 6.72. The van der Waals surface area contributed by atoms with Crippen LogP contribution in [0, 0.1) is 0 Å². The van der Waals surface area contributed by atoms with Gasteiger partial charge in [-0.1, -0.05) is 23.7 Å². The molecule has 0 aliphatic rings. The Hall–Kier alpha value is -2.86. The van der Waals surface area contributed by atoms with Gasteiger partial charge in [0, 0.05) is 5.69 Å². The second-order valence-corrected chi connectivity index (χ2v) is 5.50. The number of methoxy groups -OCH3 is 1. The number of carbonyl (C=O) groups is 1. The largest absolute Gasteiger partial charge is 0.495 e. The van der Waals surface area contributed by atoms with Gasteiger partial charge in [-0.15, -0.1) is 0 Å². The Labute approximate surface area is 142 Å². The summed E-state index contributed by atoms with van der Waals surface area (Å²) in [5.74, 6) is 0.167. The summed E-state index contributed by atoms with van der Waals surface area (Å²) in [6.07, 6.45) is 1.37. The van der Waals surface area contributed by atoms with Crippen molar-refractivity contribution in [1.29, 1.82) is 0 Å². The summed E-state index contributed by atoms with van der Waals surface area (Å²) in [5.41, 5.74) is 0.859. The maximum Gasteiger partial charge on any atom is 0.261 e. The second-order valence-electron chi connectivity index (χ2n) is 5.09. The zero-order valence-corrected chi connectivity index (χ0v) is 13.6. The Morgan fingerprint density at radius 1 is 1.29 bits per heavy atom. The van der Waals surface area contributed by atoms with E-state index >= 15 is 0 Å². The van der Waals surface area contributed by atoms with E-state index in [4.69, 9.17) is 16.3 Å². The summed E-state index contributed by atoms with van der Waals surface area (Å²) in [7, 11) is 1.51. The van der Waals surface area contributed by atoms with Crippen LogP contribution in [0.1, 0.15) is 0 Å². The molecule has 2 aromatic carbocycles. The molecule has 0 unspecified atom stereocenters. The third-order valence-electron chi connectivity index (χ3n) is 3.48. The minimum atomic E-state index is -0.351. The first-order valence-electron chi connectivity index (χ1n) is 7.16. The number of rotatable bonds is 4. The number of hydrogen-bond donors (Lipinski definition) is 1. The number of aromatic nitrogens is 2. The SMILES string of the molecule is COc1ccc(NC(=O)Cn2cnc3ccccc3c2=O)cc1Cl. The van der Waals surface area contributed by atoms with Crippen LogP contribution in [-0.2, 0) is 11.3 Å². The van der Waals surface area contributed by atoms with Crippen molar-refractivity contribution in [1.82, 2.24) is 9.55 Å². The van der Waals surface area contributed by atoms with Crippen LogP contribution in [-0.4, -0.2) is 22.6 Å². The number of nitrogens with zero attached hydrogens (tertiary/aromatic N) is 2. The van der Waals surface area contributed by atoms with E-state index in [0.717, 1.165) is 0 Å². The number of hydrogen-bond acceptors (Lipinski definition) is 4. The number of nitrogens with one attached hydrogen (secondary N) is 1. The van der Waals surface area contributed by atoms with Gasteiger partial charge in [-0.3, -0.25) is 14.2 Å². The van der Waals surface area contributed by atoms with Crippen molar-refractivity contribution in [2.75, 3.05) is 12.4 Å². The Morgan fingerprint density at radius 2 is 2.08 bits per heavy atom. The molecule has 6 nitrogen and oxygen atoms in total. The van der Waals surface area contributed by atoms with E-state index in [1.807, 2.05) is 0 Å². The standard InChI is InChI=1S/C17H14ClN3O3/c1-24-15-7-6-11(8-13(15)18)20-16(22)9-21-10-19-14-5-3-2-4-12(14)17(21)23/h2-8,10H,9H2,1H3,(H,20,22). The number of halogens is 1. The van der Waals surface area contributed by atoms with Crippen LogP contribution in [0.15, 0.2) is 53.6 Å². The summed E-state index contributed by atoms with van der Waals surface area (Å²) in [5, 5.41) is 3.55. The Kier molecular flexibility index (Phi) is 4.48. The summed E-state index contributed by atoms with van der Waals surface area (Å²) in [6, 6.07) is 11.9. The van der Waals surface area contributed by atoms with E-state index < -0.39 is 0 Å². The molecule has 1 heterocycles. The van der Waals surface area contributed by atoms with Gasteiger partial charge in [0.25, 0.3) is 5.56 Å². The van der Waals surface area contributed by atoms with Crippen molar-refractivity contribution >= 4 is 34.1 Å². The van der Waals surface area contributed by atoms with Gasteiger partial charge in [0.1, 0.15) is 12.3 Å². The van der Waals surface area contributed by atoms with Crippen molar-refractivity contribution < 1.29 is 9.53 Å². The molecule has 0 bridgehead atoms. The molecule has 3 rings (SSSR count). The van der Waals surface area contributed by atoms with Crippen LogP contribution in [0.4, 0.5) is 5.69 Å². The van der Waals surface area contributed by atoms with Gasteiger partial charge in [-0.25, -0.2) is 4.98 Å². The van der Waals surface area contributed by atoms with Crippen LogP contribution in [0.5, 0.6) is 5.75 Å². The van der Waals surface area contributed by atoms with Crippen LogP contribution in [0.3, 0.4) is 0 Å². The summed E-state index contributed by atoms with van der Waals surface area (Å²) in [6.45, 7) is -0.139. The molecule has 0 aliphatic heterocycles. The molecule has 0 aliphatic carbocycles. The number of amides is 1. The minimum Gasteiger partial charge on any atom is -0.495 e. The predicted molar refractivity (Wildman–Crippen MR) is 92.6 cm³/mol. The van der Waals surface area contributed by atoms with E-state index in [2.05, 4.69) is 10.3 Å². The average Bonchev–Trinajstić information content (AvgIpc) is 2.58. The Balaban J connectivity index is 1.79. The molecule has 1 aromatic heterocycles. The highest BCUT2D eigenvalue weighted by molar-refractivity contribution is 6.32. The maximum absolute atomic E-state index is 12.4. The number of para-hydroxylation sites is 1. The zero-order valence-electron chi connectivity index (χ0n) is 12.8. The molecule has 0 saturated carbocycles. The highest BCUT2D eigenvalue weighted by Gasteiger charge is 2.09. The molecule has 0 radical (unpaired) electrons. The zero-order chi connectivity index (χ0) is 17.1. The molecule has 1 N–H and O–H groups in total. The highest BCUT2D eigenvalue weighted by Crippen LogP contribution is 2.27. The first kappa shape index (κ1) is 16.0. The van der Waals surface area contributed by atoms with Gasteiger partial charge in [0.05, 0.1) is 29.4 Å². The van der Waals surface area contributed by atoms with Gasteiger partial charge in [-0.05, 0) is 30.3 Å². The predicted octanol–water partition coefficient (Wildman–Crippen LogP) is 2.70. The average molecular weight is 344 g/mol. The summed E-state index contributed by atoms with van der Waals surface area (Å²) < 4.78 is 6.33. The van der Waals surface area contributed by atoms with Crippen LogP contribution in [0.2, 0.25) is 5.02 Å². The molecular weight excluding hydrogens is 330 g/mol. The number of carbonyl (C=O) groups excluding carboxylic acids is 1. The van der Waals surface area contributed by atoms with Crippen LogP contribution in [0.25, 0.3) is 10.9 Å². The quantitative estimate of drug-likeness (QED) is 0.790. The molecule has 0 atom stereocenters. The fourth-order valence-corrected chi connectivity index (χ4v) is 2.58. The summed E-state index contributed by atoms with van der Waals surface area (Å²) >= 11 is 6.02. The lowest BCUT2D eigenvalue weighted by Crippen LogP contribution is -2.27. The Morgan fingerprint density at radius 3 is 2.83 bits per heavy atom. The summed E-state index contributed by atoms with van der Waals surface area (Å²) in [4.78, 5) is 28.7. The fraction of sp³-hybridized carbons (Fsp3) is 0.118. The first-order valence-corrected chi connectivity index (χ1v) is 7.54. The normalized spacial score (nSPS) is 10.6. The van der Waals surface area contributed by atoms with Crippen LogP contribution < -0.4 is 15.6 Å². The molecule has 0 saturated heterocycles. The number of ether oxygens (including phenoxy) is 1. The van der Waals surface area contributed by atoms with E-state index in [1.165, 1.54) is 18.0 Å². The number of anilines is 1. The van der Waals surface area contributed by atoms with E-state index in [-0.39, 0.29) is 18.0 Å². The number of benzene rings is 2. The molecule has 1 amide bonds. The van der Waals surface area contributed by atoms with Crippen molar-refractivity contribution in [3.8, 4) is 5.75 Å². The lowest BCUT2D eigenvalue weighted by atomic mass is 10.2. The van der Waals surface area contributed by atoms with E-state index in [1.54, 1.807) is 42.5 Å². The lowest BCUT2D eigenvalue weighted by molar-refractivity contribution is -0.116. The van der Waals surface area contributed by atoms with Crippen molar-refractivity contribution in [3.05, 3.63) is 64.2 Å². The van der Waals surface area contributed by atoms with Gasteiger partial charge in [-0.2, -0.15) is 0 Å². The van der Waals surface area contributed by atoms with Gasteiger partial charge < -0.3 is 10.1 Å².